The second kappa shape index (κ2) is 50.6. The van der Waals surface area contributed by atoms with E-state index in [0.29, 0.717) is 0 Å². The molecule has 4 aromatic heterocycles. The molecule has 246 valence electrons. The maximum absolute atomic E-state index is 4.06. The lowest BCUT2D eigenvalue weighted by Crippen LogP contribution is -1.63. The second-order valence-corrected chi connectivity index (χ2v) is 5.36. The average molecular weight is 599 g/mol. The molecule has 0 amide bonds. The monoisotopic (exact) mass is 599 g/mol. The maximum Gasteiger partial charge on any atom is 0.0931 e. The number of fused-ring (bicyclic) bond motifs is 2. The fourth-order valence-corrected chi connectivity index (χ4v) is 2.19. The minimum absolute atomic E-state index is 0. The van der Waals surface area contributed by atoms with Crippen LogP contribution < -0.4 is 0 Å². The predicted octanol–water partition coefficient (Wildman–Crippen LogP) is 11.8. The molecule has 0 radical (unpaired) electrons. The van der Waals surface area contributed by atoms with Crippen LogP contribution in [-0.2, 0) is 0 Å². The lowest BCUT2D eigenvalue weighted by atomic mass is 10.3. The molecular weight excluding hydrogens is 532 g/mol. The van der Waals surface area contributed by atoms with E-state index in [1.54, 1.807) is 50.1 Å². The molecule has 0 aliphatic carbocycles. The Labute approximate surface area is 264 Å². The Kier molecular flexibility index (Phi) is 60.7. The number of nitrogens with one attached hydrogen (secondary N) is 4. The standard InChI is InChI=1S/2C7H6N2.2C3H4N2.7C2H6.CH4/c2*1-2-4-7-6(3-1)8-5-9-7;2*1-2-5-3-4-1;7*1-2;/h2*1-5H,(H,8,9);2*1-3H,(H,4,5);7*1-2H3;1H4. The summed E-state index contributed by atoms with van der Waals surface area (Å²) >= 11 is 0. The van der Waals surface area contributed by atoms with Crippen molar-refractivity contribution in [3.8, 4) is 0 Å². The van der Waals surface area contributed by atoms with Gasteiger partial charge in [-0.2, -0.15) is 0 Å². The van der Waals surface area contributed by atoms with Gasteiger partial charge in [-0.3, -0.25) is 0 Å². The number of benzene rings is 2. The quantitative estimate of drug-likeness (QED) is 0.139. The Bertz CT molecular complexity index is 942. The third-order valence-electron chi connectivity index (χ3n) is 3.47. The van der Waals surface area contributed by atoms with Gasteiger partial charge in [0.05, 0.1) is 47.4 Å². The Morgan fingerprint density at radius 2 is 0.721 bits per heavy atom. The highest BCUT2D eigenvalue weighted by Gasteiger charge is 1.89. The average Bonchev–Trinajstić information content (AvgIpc) is 3.97. The Hall–Kier alpha value is -4.20. The van der Waals surface area contributed by atoms with Crippen LogP contribution in [0, 0.1) is 0 Å². The van der Waals surface area contributed by atoms with Crippen molar-refractivity contribution in [2.75, 3.05) is 0 Å². The number of hydrogen-bond acceptors (Lipinski definition) is 4. The summed E-state index contributed by atoms with van der Waals surface area (Å²) in [4.78, 5) is 27.0. The molecule has 0 bridgehead atoms. The molecule has 43 heavy (non-hydrogen) atoms. The third-order valence-corrected chi connectivity index (χ3v) is 3.47. The van der Waals surface area contributed by atoms with Crippen LogP contribution >= 0.6 is 0 Å². The number of rotatable bonds is 0. The molecule has 0 saturated carbocycles. The molecule has 4 heterocycles. The summed E-state index contributed by atoms with van der Waals surface area (Å²) in [5.74, 6) is 0. The SMILES string of the molecule is C.CC.CC.CC.CC.CC.CC.CC.c1c[nH]cn1.c1c[nH]cn1.c1ccc2[nH]cnc2c1.c1ccc2[nH]cnc2c1. The molecular formula is C35H66N8. The molecule has 0 unspecified atom stereocenters. The summed E-state index contributed by atoms with van der Waals surface area (Å²) in [6, 6.07) is 15.9. The van der Waals surface area contributed by atoms with Gasteiger partial charge >= 0.3 is 0 Å². The number of aromatic nitrogens is 8. The van der Waals surface area contributed by atoms with Crippen LogP contribution in [0.1, 0.15) is 104 Å². The van der Waals surface area contributed by atoms with Crippen LogP contribution in [0.25, 0.3) is 22.1 Å². The molecule has 0 fully saturated rings. The predicted molar refractivity (Wildman–Crippen MR) is 196 cm³/mol. The number of nitrogens with zero attached hydrogens (tertiary/aromatic N) is 4. The number of imidazole rings is 4. The van der Waals surface area contributed by atoms with E-state index < -0.39 is 0 Å². The van der Waals surface area contributed by atoms with Crippen molar-refractivity contribution in [1.82, 2.24) is 39.9 Å². The van der Waals surface area contributed by atoms with Crippen LogP contribution in [-0.4, -0.2) is 39.9 Å². The van der Waals surface area contributed by atoms with E-state index in [0.717, 1.165) is 22.1 Å². The van der Waals surface area contributed by atoms with Crippen molar-refractivity contribution in [3.05, 3.63) is 98.6 Å². The van der Waals surface area contributed by atoms with Crippen LogP contribution in [0.2, 0.25) is 0 Å². The third kappa shape index (κ3) is 30.6. The number of H-pyrrole nitrogens is 4. The van der Waals surface area contributed by atoms with E-state index in [-0.39, 0.29) is 7.43 Å². The highest BCUT2D eigenvalue weighted by atomic mass is 14.9. The molecule has 2 aromatic carbocycles. The first-order valence-corrected chi connectivity index (χ1v) is 15.5. The minimum atomic E-state index is 0. The van der Waals surface area contributed by atoms with E-state index in [4.69, 9.17) is 0 Å². The summed E-state index contributed by atoms with van der Waals surface area (Å²) in [6.07, 6.45) is 13.6. The van der Waals surface area contributed by atoms with Crippen LogP contribution in [0.3, 0.4) is 0 Å². The molecule has 4 N–H and O–H groups in total. The van der Waals surface area contributed by atoms with Gasteiger partial charge in [0.25, 0.3) is 0 Å². The fourth-order valence-electron chi connectivity index (χ4n) is 2.19. The van der Waals surface area contributed by atoms with Gasteiger partial charge in [-0.25, -0.2) is 19.9 Å². The van der Waals surface area contributed by atoms with Gasteiger partial charge in [-0.15, -0.1) is 0 Å². The number of para-hydroxylation sites is 4. The van der Waals surface area contributed by atoms with Crippen LogP contribution in [0.4, 0.5) is 0 Å². The van der Waals surface area contributed by atoms with E-state index in [9.17, 15) is 0 Å². The van der Waals surface area contributed by atoms with Crippen LogP contribution in [0.15, 0.2) is 98.6 Å². The Morgan fingerprint density at radius 3 is 0.930 bits per heavy atom. The first-order valence-electron chi connectivity index (χ1n) is 15.5. The van der Waals surface area contributed by atoms with E-state index in [1.807, 2.05) is 145 Å². The molecule has 0 spiro atoms. The zero-order valence-electron chi connectivity index (χ0n) is 29.0. The van der Waals surface area contributed by atoms with Crippen molar-refractivity contribution < 1.29 is 0 Å². The lowest BCUT2D eigenvalue weighted by molar-refractivity contribution is 1.31. The fraction of sp³-hybridized carbons (Fsp3) is 0.429. The van der Waals surface area contributed by atoms with Gasteiger partial charge in [-0.05, 0) is 24.3 Å². The number of hydrogen-bond donors (Lipinski definition) is 4. The van der Waals surface area contributed by atoms with Gasteiger partial charge < -0.3 is 19.9 Å². The summed E-state index contributed by atoms with van der Waals surface area (Å²) < 4.78 is 0. The summed E-state index contributed by atoms with van der Waals surface area (Å²) in [5.41, 5.74) is 4.24. The van der Waals surface area contributed by atoms with Crippen LogP contribution in [0.5, 0.6) is 0 Å². The van der Waals surface area contributed by atoms with E-state index in [1.165, 1.54) is 0 Å². The van der Waals surface area contributed by atoms with E-state index in [2.05, 4.69) is 39.9 Å². The zero-order valence-corrected chi connectivity index (χ0v) is 29.0. The molecule has 6 rings (SSSR count). The Morgan fingerprint density at radius 1 is 0.419 bits per heavy atom. The summed E-state index contributed by atoms with van der Waals surface area (Å²) in [7, 11) is 0. The van der Waals surface area contributed by atoms with Gasteiger partial charge in [0, 0.05) is 24.8 Å². The molecule has 0 aliphatic rings. The minimum Gasteiger partial charge on any atom is -0.351 e. The second-order valence-electron chi connectivity index (χ2n) is 5.36. The first-order chi connectivity index (χ1) is 20.9. The van der Waals surface area contributed by atoms with E-state index >= 15 is 0 Å². The van der Waals surface area contributed by atoms with Gasteiger partial charge in [0.2, 0.25) is 0 Å². The smallest absolute Gasteiger partial charge is 0.0931 e. The van der Waals surface area contributed by atoms with Crippen molar-refractivity contribution in [2.45, 2.75) is 104 Å². The lowest BCUT2D eigenvalue weighted by Gasteiger charge is -1.81. The van der Waals surface area contributed by atoms with Crippen molar-refractivity contribution >= 4 is 22.1 Å². The highest BCUT2D eigenvalue weighted by molar-refractivity contribution is 5.74. The van der Waals surface area contributed by atoms with Gasteiger partial charge in [0.1, 0.15) is 0 Å². The van der Waals surface area contributed by atoms with Gasteiger partial charge in [-0.1, -0.05) is 129 Å². The molecule has 0 atom stereocenters. The molecule has 8 heteroatoms. The van der Waals surface area contributed by atoms with Crippen molar-refractivity contribution in [1.29, 1.82) is 0 Å². The zero-order chi connectivity index (χ0) is 33.3. The van der Waals surface area contributed by atoms with Crippen molar-refractivity contribution in [2.24, 2.45) is 0 Å². The normalized spacial score (nSPS) is 7.12. The highest BCUT2D eigenvalue weighted by Crippen LogP contribution is 2.06. The van der Waals surface area contributed by atoms with Crippen molar-refractivity contribution in [3.63, 3.8) is 0 Å². The molecule has 8 nitrogen and oxygen atoms in total. The Balaban J connectivity index is -0.0000000945. The summed E-state index contributed by atoms with van der Waals surface area (Å²) in [5, 5.41) is 0. The molecule has 6 aromatic rings. The molecule has 0 aliphatic heterocycles. The topological polar surface area (TPSA) is 115 Å². The van der Waals surface area contributed by atoms with Gasteiger partial charge in [0.15, 0.2) is 0 Å². The first kappa shape index (κ1) is 51.5. The number of aromatic amines is 4. The summed E-state index contributed by atoms with van der Waals surface area (Å²) in [6.45, 7) is 28.0. The molecule has 0 saturated heterocycles. The maximum atomic E-state index is 4.06. The largest absolute Gasteiger partial charge is 0.351 e.